The van der Waals surface area contributed by atoms with Gasteiger partial charge in [-0.15, -0.1) is 0 Å². The molecule has 2 rings (SSSR count). The second-order valence-corrected chi connectivity index (χ2v) is 6.90. The average Bonchev–Trinajstić information content (AvgIpc) is 2.43. The quantitative estimate of drug-likeness (QED) is 0.901. The summed E-state index contributed by atoms with van der Waals surface area (Å²) in [5.41, 5.74) is 8.58. The fourth-order valence-corrected chi connectivity index (χ4v) is 2.87. The highest BCUT2D eigenvalue weighted by Gasteiger charge is 2.34. The first-order valence-corrected chi connectivity index (χ1v) is 7.42. The van der Waals surface area contributed by atoms with Gasteiger partial charge in [-0.25, -0.2) is 0 Å². The van der Waals surface area contributed by atoms with E-state index in [1.165, 1.54) is 11.1 Å². The van der Waals surface area contributed by atoms with Crippen LogP contribution in [0.5, 0.6) is 0 Å². The Morgan fingerprint density at radius 1 is 1.35 bits per heavy atom. The number of nitrogens with two attached hydrogens (primary N) is 1. The van der Waals surface area contributed by atoms with E-state index in [1.807, 2.05) is 32.7 Å². The highest BCUT2D eigenvalue weighted by atomic mass is 16.2. The van der Waals surface area contributed by atoms with Gasteiger partial charge in [-0.2, -0.15) is 0 Å². The number of fused-ring (bicyclic) bond motifs is 1. The fourth-order valence-electron chi connectivity index (χ4n) is 2.87. The van der Waals surface area contributed by atoms with Gasteiger partial charge in [0.15, 0.2) is 0 Å². The number of amides is 1. The lowest BCUT2D eigenvalue weighted by molar-refractivity contribution is -0.136. The molecular formula is C17H26N2O. The summed E-state index contributed by atoms with van der Waals surface area (Å²) in [6, 6.07) is 8.15. The van der Waals surface area contributed by atoms with Gasteiger partial charge >= 0.3 is 0 Å². The van der Waals surface area contributed by atoms with Gasteiger partial charge in [0.25, 0.3) is 0 Å². The molecule has 0 fully saturated rings. The molecule has 1 aromatic carbocycles. The van der Waals surface area contributed by atoms with Gasteiger partial charge in [0.1, 0.15) is 0 Å². The molecule has 1 amide bonds. The number of nitrogens with zero attached hydrogens (tertiary/aromatic N) is 1. The van der Waals surface area contributed by atoms with Gasteiger partial charge in [0.05, 0.1) is 12.1 Å². The molecule has 1 aliphatic rings. The van der Waals surface area contributed by atoms with Crippen LogP contribution in [0.15, 0.2) is 24.3 Å². The molecule has 2 atom stereocenters. The molecule has 110 valence electrons. The Balaban J connectivity index is 2.23. The van der Waals surface area contributed by atoms with E-state index in [9.17, 15) is 4.79 Å². The van der Waals surface area contributed by atoms with Crippen LogP contribution in [0.3, 0.4) is 0 Å². The van der Waals surface area contributed by atoms with Crippen LogP contribution in [0.4, 0.5) is 0 Å². The van der Waals surface area contributed by atoms with Gasteiger partial charge in [0.2, 0.25) is 5.91 Å². The van der Waals surface area contributed by atoms with Crippen molar-refractivity contribution in [3.8, 4) is 0 Å². The molecule has 2 N–H and O–H groups in total. The van der Waals surface area contributed by atoms with E-state index in [0.29, 0.717) is 0 Å². The lowest BCUT2D eigenvalue weighted by Crippen LogP contribution is -2.50. The number of hydrogen-bond donors (Lipinski definition) is 1. The van der Waals surface area contributed by atoms with Crippen LogP contribution < -0.4 is 5.73 Å². The summed E-state index contributed by atoms with van der Waals surface area (Å²) in [6.45, 7) is 6.04. The smallest absolute Gasteiger partial charge is 0.240 e. The van der Waals surface area contributed by atoms with E-state index in [4.69, 9.17) is 5.73 Å². The Kier molecular flexibility index (Phi) is 4.19. The van der Waals surface area contributed by atoms with Crippen molar-refractivity contribution in [3.63, 3.8) is 0 Å². The molecule has 3 nitrogen and oxygen atoms in total. The average molecular weight is 274 g/mol. The van der Waals surface area contributed by atoms with Gasteiger partial charge in [-0.3, -0.25) is 4.79 Å². The molecule has 0 aromatic heterocycles. The molecule has 1 aliphatic carbocycles. The van der Waals surface area contributed by atoms with E-state index in [0.717, 1.165) is 19.3 Å². The maximum atomic E-state index is 12.6. The molecule has 0 aliphatic heterocycles. The van der Waals surface area contributed by atoms with Crippen molar-refractivity contribution in [3.05, 3.63) is 35.4 Å². The zero-order valence-corrected chi connectivity index (χ0v) is 13.0. The summed E-state index contributed by atoms with van der Waals surface area (Å²) in [5, 5.41) is 0. The maximum Gasteiger partial charge on any atom is 0.240 e. The summed E-state index contributed by atoms with van der Waals surface area (Å²) < 4.78 is 0. The third kappa shape index (κ3) is 2.88. The predicted octanol–water partition coefficient (Wildman–Crippen LogP) is 2.90. The van der Waals surface area contributed by atoms with Gasteiger partial charge in [0, 0.05) is 7.05 Å². The SMILES string of the molecule is CN(C(=O)C(N)C(C)(C)C)C1CCCc2ccccc21. The number of carbonyl (C=O) groups is 1. The number of rotatable bonds is 2. The highest BCUT2D eigenvalue weighted by Crippen LogP contribution is 2.34. The summed E-state index contributed by atoms with van der Waals surface area (Å²) >= 11 is 0. The third-order valence-electron chi connectivity index (χ3n) is 4.35. The standard InChI is InChI=1S/C17H26N2O/c1-17(2,3)15(18)16(20)19(4)14-11-7-9-12-8-5-6-10-13(12)14/h5-6,8,10,14-15H,7,9,11,18H2,1-4H3. The molecule has 3 heteroatoms. The number of aryl methyl sites for hydroxylation is 1. The summed E-state index contributed by atoms with van der Waals surface area (Å²) in [7, 11) is 1.89. The first kappa shape index (κ1) is 15.0. The minimum Gasteiger partial charge on any atom is -0.337 e. The molecule has 2 unspecified atom stereocenters. The number of hydrogen-bond acceptors (Lipinski definition) is 2. The number of benzene rings is 1. The second-order valence-electron chi connectivity index (χ2n) is 6.90. The molecule has 0 saturated heterocycles. The van der Waals surface area contributed by atoms with Crippen molar-refractivity contribution in [2.45, 2.75) is 52.1 Å². The minimum atomic E-state index is -0.457. The van der Waals surface area contributed by atoms with E-state index in [-0.39, 0.29) is 17.4 Å². The largest absolute Gasteiger partial charge is 0.337 e. The van der Waals surface area contributed by atoms with Gasteiger partial charge < -0.3 is 10.6 Å². The van der Waals surface area contributed by atoms with Crippen molar-refractivity contribution in [1.82, 2.24) is 4.90 Å². The molecule has 0 bridgehead atoms. The molecule has 0 heterocycles. The first-order chi connectivity index (χ1) is 9.32. The molecule has 1 aromatic rings. The van der Waals surface area contributed by atoms with Crippen LogP contribution in [0.25, 0.3) is 0 Å². The summed E-state index contributed by atoms with van der Waals surface area (Å²) in [5.74, 6) is 0.0409. The lowest BCUT2D eigenvalue weighted by Gasteiger charge is -2.37. The van der Waals surface area contributed by atoms with Gasteiger partial charge in [-0.1, -0.05) is 45.0 Å². The molecule has 20 heavy (non-hydrogen) atoms. The van der Waals surface area contributed by atoms with Crippen LogP contribution in [0.1, 0.15) is 50.8 Å². The number of carbonyl (C=O) groups excluding carboxylic acids is 1. The lowest BCUT2D eigenvalue weighted by atomic mass is 9.84. The third-order valence-corrected chi connectivity index (χ3v) is 4.35. The van der Waals surface area contributed by atoms with E-state index < -0.39 is 6.04 Å². The second kappa shape index (κ2) is 5.57. The maximum absolute atomic E-state index is 12.6. The zero-order valence-electron chi connectivity index (χ0n) is 13.0. The van der Waals surface area contributed by atoms with E-state index >= 15 is 0 Å². The van der Waals surface area contributed by atoms with Crippen molar-refractivity contribution < 1.29 is 4.79 Å². The zero-order chi connectivity index (χ0) is 14.9. The van der Waals surface area contributed by atoms with Crippen LogP contribution in [0.2, 0.25) is 0 Å². The summed E-state index contributed by atoms with van der Waals surface area (Å²) in [4.78, 5) is 14.5. The van der Waals surface area contributed by atoms with Gasteiger partial charge in [-0.05, 0) is 35.8 Å². The monoisotopic (exact) mass is 274 g/mol. The molecule has 0 saturated carbocycles. The fraction of sp³-hybridized carbons (Fsp3) is 0.588. The Morgan fingerprint density at radius 2 is 2.00 bits per heavy atom. The topological polar surface area (TPSA) is 46.3 Å². The Bertz CT molecular complexity index is 490. The molecule has 0 radical (unpaired) electrons. The van der Waals surface area contributed by atoms with E-state index in [1.54, 1.807) is 0 Å². The van der Waals surface area contributed by atoms with Crippen molar-refractivity contribution in [2.75, 3.05) is 7.05 Å². The Morgan fingerprint density at radius 3 is 2.65 bits per heavy atom. The van der Waals surface area contributed by atoms with Crippen LogP contribution in [-0.2, 0) is 11.2 Å². The van der Waals surface area contributed by atoms with Crippen LogP contribution in [-0.4, -0.2) is 23.9 Å². The van der Waals surface area contributed by atoms with Crippen molar-refractivity contribution in [1.29, 1.82) is 0 Å². The molecule has 0 spiro atoms. The predicted molar refractivity (Wildman–Crippen MR) is 82.3 cm³/mol. The first-order valence-electron chi connectivity index (χ1n) is 7.42. The van der Waals surface area contributed by atoms with Crippen molar-refractivity contribution in [2.24, 2.45) is 11.1 Å². The van der Waals surface area contributed by atoms with Crippen molar-refractivity contribution >= 4 is 5.91 Å². The minimum absolute atomic E-state index is 0.0409. The molecular weight excluding hydrogens is 248 g/mol. The Labute approximate surface area is 122 Å². The normalized spacial score (nSPS) is 20.1. The van der Waals surface area contributed by atoms with E-state index in [2.05, 4.69) is 24.3 Å². The summed E-state index contributed by atoms with van der Waals surface area (Å²) in [6.07, 6.45) is 3.26. The Hall–Kier alpha value is -1.35. The van der Waals surface area contributed by atoms with Crippen LogP contribution in [0, 0.1) is 5.41 Å². The van der Waals surface area contributed by atoms with Crippen LogP contribution >= 0.6 is 0 Å². The highest BCUT2D eigenvalue weighted by molar-refractivity contribution is 5.82. The number of likely N-dealkylation sites (N-methyl/N-ethyl adjacent to an activating group) is 1.